The maximum atomic E-state index is 13.5. The van der Waals surface area contributed by atoms with Crippen LogP contribution in [0.15, 0.2) is 63.5 Å². The normalized spacial score (nSPS) is 15.9. The number of allylic oxidation sites excluding steroid dienone is 1. The summed E-state index contributed by atoms with van der Waals surface area (Å²) in [5, 5.41) is 0.830. The monoisotopic (exact) mass is 488 g/mol. The summed E-state index contributed by atoms with van der Waals surface area (Å²) in [7, 11) is 2.88. The lowest BCUT2D eigenvalue weighted by Gasteiger charge is -2.24. The van der Waals surface area contributed by atoms with Gasteiger partial charge in [0.1, 0.15) is 5.75 Å². The van der Waals surface area contributed by atoms with Crippen LogP contribution >= 0.6 is 34.5 Å². The highest BCUT2D eigenvalue weighted by molar-refractivity contribution is 7.07. The molecule has 0 N–H and O–H groups in total. The highest BCUT2D eigenvalue weighted by Gasteiger charge is 2.33. The summed E-state index contributed by atoms with van der Waals surface area (Å²) in [4.78, 5) is 31.1. The molecule has 2 aromatic carbocycles. The minimum Gasteiger partial charge on any atom is -0.497 e. The summed E-state index contributed by atoms with van der Waals surface area (Å²) in [6, 6.07) is 11.7. The number of esters is 1. The number of halogens is 2. The van der Waals surface area contributed by atoms with E-state index in [1.54, 1.807) is 50.4 Å². The lowest BCUT2D eigenvalue weighted by Crippen LogP contribution is -2.39. The Balaban J connectivity index is 1.95. The number of ether oxygens (including phenoxy) is 2. The number of methoxy groups -OCH3 is 2. The van der Waals surface area contributed by atoms with E-state index in [0.717, 1.165) is 11.1 Å². The van der Waals surface area contributed by atoms with Gasteiger partial charge in [0.2, 0.25) is 0 Å². The first-order chi connectivity index (χ1) is 15.3. The smallest absolute Gasteiger partial charge is 0.338 e. The molecule has 3 aromatic rings. The van der Waals surface area contributed by atoms with Crippen molar-refractivity contribution in [1.82, 2.24) is 4.57 Å². The molecule has 0 bridgehead atoms. The molecule has 1 aliphatic heterocycles. The fourth-order valence-corrected chi connectivity index (χ4v) is 4.90. The Morgan fingerprint density at radius 3 is 2.47 bits per heavy atom. The van der Waals surface area contributed by atoms with E-state index in [1.165, 1.54) is 23.0 Å². The van der Waals surface area contributed by atoms with Gasteiger partial charge in [-0.1, -0.05) is 52.7 Å². The van der Waals surface area contributed by atoms with Crippen molar-refractivity contribution in [2.24, 2.45) is 4.99 Å². The fourth-order valence-electron chi connectivity index (χ4n) is 3.55. The molecular formula is C23H18Cl2N2O4S. The first kappa shape index (κ1) is 22.3. The second-order valence-corrected chi connectivity index (χ2v) is 8.84. The molecule has 0 saturated carbocycles. The number of aromatic nitrogens is 1. The Bertz CT molecular complexity index is 1420. The average Bonchev–Trinajstić information content (AvgIpc) is 3.09. The predicted octanol–water partition coefficient (Wildman–Crippen LogP) is 3.72. The van der Waals surface area contributed by atoms with Gasteiger partial charge in [-0.3, -0.25) is 9.36 Å². The molecule has 1 aromatic heterocycles. The molecule has 2 heterocycles. The first-order valence-corrected chi connectivity index (χ1v) is 11.1. The molecule has 0 saturated heterocycles. The third-order valence-corrected chi connectivity index (χ3v) is 6.82. The molecule has 1 atom stereocenters. The van der Waals surface area contributed by atoms with Crippen molar-refractivity contribution in [3.8, 4) is 5.75 Å². The van der Waals surface area contributed by atoms with Crippen molar-refractivity contribution in [3.63, 3.8) is 0 Å². The standard InChI is InChI=1S/C23H18Cl2N2O4S/c1-12-19(22(29)31-3)20(14-5-7-15(30-2)8-6-14)27-21(28)18(32-23(27)26-12)11-13-4-9-16(24)17(25)10-13/h4-11,20H,1-3H3/b18-11-. The van der Waals surface area contributed by atoms with E-state index in [-0.39, 0.29) is 5.56 Å². The topological polar surface area (TPSA) is 69.9 Å². The van der Waals surface area contributed by atoms with E-state index in [0.29, 0.717) is 36.4 Å². The SMILES string of the molecule is COC(=O)C1=C(C)N=c2s/c(=C\c3ccc(Cl)c(Cl)c3)c(=O)n2C1c1ccc(OC)cc1. The molecule has 0 radical (unpaired) electrons. The minimum absolute atomic E-state index is 0.269. The lowest BCUT2D eigenvalue weighted by atomic mass is 9.96. The summed E-state index contributed by atoms with van der Waals surface area (Å²) < 4.78 is 12.2. The Morgan fingerprint density at radius 1 is 1.12 bits per heavy atom. The number of hydrogen-bond acceptors (Lipinski definition) is 6. The van der Waals surface area contributed by atoms with Gasteiger partial charge in [0.15, 0.2) is 4.80 Å². The zero-order valence-electron chi connectivity index (χ0n) is 17.4. The molecular weight excluding hydrogens is 471 g/mol. The maximum Gasteiger partial charge on any atom is 0.338 e. The van der Waals surface area contributed by atoms with Crippen molar-refractivity contribution < 1.29 is 14.3 Å². The Hall–Kier alpha value is -2.87. The van der Waals surface area contributed by atoms with Gasteiger partial charge in [0.05, 0.1) is 46.1 Å². The second-order valence-electron chi connectivity index (χ2n) is 7.02. The van der Waals surface area contributed by atoms with Crippen molar-refractivity contribution in [2.45, 2.75) is 13.0 Å². The van der Waals surface area contributed by atoms with E-state index >= 15 is 0 Å². The molecule has 1 unspecified atom stereocenters. The number of benzene rings is 2. The zero-order chi connectivity index (χ0) is 23.0. The molecule has 32 heavy (non-hydrogen) atoms. The number of carbonyl (C=O) groups excluding carboxylic acids is 1. The van der Waals surface area contributed by atoms with Gasteiger partial charge in [0.25, 0.3) is 5.56 Å². The van der Waals surface area contributed by atoms with E-state index in [9.17, 15) is 9.59 Å². The van der Waals surface area contributed by atoms with Crippen LogP contribution in [-0.4, -0.2) is 24.8 Å². The average molecular weight is 489 g/mol. The van der Waals surface area contributed by atoms with Crippen molar-refractivity contribution in [2.75, 3.05) is 14.2 Å². The Morgan fingerprint density at radius 2 is 1.84 bits per heavy atom. The molecule has 0 spiro atoms. The fraction of sp³-hybridized carbons (Fsp3) is 0.174. The van der Waals surface area contributed by atoms with Crippen LogP contribution in [0.25, 0.3) is 6.08 Å². The van der Waals surface area contributed by atoms with Crippen molar-refractivity contribution >= 4 is 46.6 Å². The van der Waals surface area contributed by atoms with E-state index in [2.05, 4.69) is 4.99 Å². The molecule has 6 nitrogen and oxygen atoms in total. The number of nitrogens with zero attached hydrogens (tertiary/aromatic N) is 2. The number of fused-ring (bicyclic) bond motifs is 1. The van der Waals surface area contributed by atoms with E-state index in [4.69, 9.17) is 32.7 Å². The molecule has 0 aliphatic carbocycles. The van der Waals surface area contributed by atoms with E-state index in [1.807, 2.05) is 12.1 Å². The minimum atomic E-state index is -0.680. The van der Waals surface area contributed by atoms with Crippen LogP contribution < -0.4 is 19.6 Å². The van der Waals surface area contributed by atoms with Crippen LogP contribution in [0.1, 0.15) is 24.1 Å². The van der Waals surface area contributed by atoms with Gasteiger partial charge in [-0.25, -0.2) is 9.79 Å². The second kappa shape index (κ2) is 8.94. The summed E-state index contributed by atoms with van der Waals surface area (Å²) >= 11 is 13.4. The number of rotatable bonds is 4. The highest BCUT2D eigenvalue weighted by atomic mass is 35.5. The van der Waals surface area contributed by atoms with Crippen molar-refractivity contribution in [3.05, 3.63) is 94.6 Å². The Labute approximate surface area is 197 Å². The lowest BCUT2D eigenvalue weighted by molar-refractivity contribution is -0.136. The summed E-state index contributed by atoms with van der Waals surface area (Å²) in [6.07, 6.45) is 1.73. The van der Waals surface area contributed by atoms with Crippen LogP contribution in [0.5, 0.6) is 5.75 Å². The molecule has 164 valence electrons. The van der Waals surface area contributed by atoms with Gasteiger partial charge in [-0.05, 0) is 48.4 Å². The van der Waals surface area contributed by atoms with Crippen molar-refractivity contribution in [1.29, 1.82) is 0 Å². The largest absolute Gasteiger partial charge is 0.497 e. The van der Waals surface area contributed by atoms with Crippen LogP contribution in [0.2, 0.25) is 10.0 Å². The van der Waals surface area contributed by atoms with Crippen LogP contribution in [0.4, 0.5) is 0 Å². The van der Waals surface area contributed by atoms with Gasteiger partial charge in [-0.2, -0.15) is 0 Å². The summed E-state index contributed by atoms with van der Waals surface area (Å²) in [5.41, 5.74) is 2.01. The van der Waals surface area contributed by atoms with Crippen LogP contribution in [0, 0.1) is 0 Å². The van der Waals surface area contributed by atoms with E-state index < -0.39 is 12.0 Å². The third-order valence-electron chi connectivity index (χ3n) is 5.10. The van der Waals surface area contributed by atoms with Gasteiger partial charge >= 0.3 is 5.97 Å². The molecule has 1 aliphatic rings. The molecule has 0 fully saturated rings. The summed E-state index contributed by atoms with van der Waals surface area (Å²) in [5.74, 6) is 0.131. The van der Waals surface area contributed by atoms with Gasteiger partial charge in [0, 0.05) is 0 Å². The molecule has 4 rings (SSSR count). The highest BCUT2D eigenvalue weighted by Crippen LogP contribution is 2.31. The van der Waals surface area contributed by atoms with Gasteiger partial charge in [-0.15, -0.1) is 0 Å². The Kier molecular flexibility index (Phi) is 6.24. The number of hydrogen-bond donors (Lipinski definition) is 0. The maximum absolute atomic E-state index is 13.5. The predicted molar refractivity (Wildman–Crippen MR) is 125 cm³/mol. The van der Waals surface area contributed by atoms with Crippen LogP contribution in [0.3, 0.4) is 0 Å². The zero-order valence-corrected chi connectivity index (χ0v) is 19.7. The number of carbonyl (C=O) groups is 1. The van der Waals surface area contributed by atoms with Crippen LogP contribution in [-0.2, 0) is 9.53 Å². The molecule has 9 heteroatoms. The first-order valence-electron chi connectivity index (χ1n) is 9.54. The molecule has 0 amide bonds. The number of thiazole rings is 1. The summed E-state index contributed by atoms with van der Waals surface area (Å²) in [6.45, 7) is 1.73. The van der Waals surface area contributed by atoms with Gasteiger partial charge < -0.3 is 9.47 Å². The third kappa shape index (κ3) is 3.99. The quantitative estimate of drug-likeness (QED) is 0.524.